The lowest BCUT2D eigenvalue weighted by Gasteiger charge is -2.36. The first kappa shape index (κ1) is 43.6. The number of aromatic hydroxyl groups is 1. The van der Waals surface area contributed by atoms with Gasteiger partial charge in [-0.15, -0.1) is 0 Å². The van der Waals surface area contributed by atoms with Crippen molar-refractivity contribution < 1.29 is 38.5 Å². The molecule has 0 saturated carbocycles. The second-order valence-electron chi connectivity index (χ2n) is 17.8. The maximum atomic E-state index is 14.6. The lowest BCUT2D eigenvalue weighted by molar-refractivity contribution is -0.155. The fraction of sp³-hybridized carbons (Fsp3) is 0.511. The number of fused-ring (bicyclic) bond motifs is 6. The molecule has 4 atom stereocenters. The zero-order chi connectivity index (χ0) is 43.6. The van der Waals surface area contributed by atoms with Crippen LogP contribution in [0.4, 0.5) is 4.79 Å². The van der Waals surface area contributed by atoms with Gasteiger partial charge in [-0.2, -0.15) is 0 Å². The van der Waals surface area contributed by atoms with Crippen molar-refractivity contribution >= 4 is 34.8 Å². The largest absolute Gasteiger partial charge is 0.508 e. The number of hydrogen-bond donors (Lipinski definition) is 3. The minimum atomic E-state index is -1.14. The lowest BCUT2D eigenvalue weighted by atomic mass is 9.84. The predicted octanol–water partition coefficient (Wildman–Crippen LogP) is 6.19. The summed E-state index contributed by atoms with van der Waals surface area (Å²) in [5.74, 6) is -1.80. The number of carbonyl (C=O) groups is 4. The molecule has 3 N–H and O–H groups in total. The molecule has 3 amide bonds. The number of esters is 1. The van der Waals surface area contributed by atoms with Crippen LogP contribution in [0.5, 0.6) is 5.75 Å². The number of phenols is 1. The number of likely N-dealkylation sites (N-methyl/N-ethyl adjacent to an activating group) is 1. The van der Waals surface area contributed by atoms with Crippen LogP contribution in [0.25, 0.3) is 33.3 Å². The van der Waals surface area contributed by atoms with E-state index in [1.807, 2.05) is 38.4 Å². The van der Waals surface area contributed by atoms with Gasteiger partial charge in [0.1, 0.15) is 30.0 Å². The average molecular weight is 837 g/mol. The Morgan fingerprint density at radius 3 is 2.62 bits per heavy atom. The molecule has 3 aliphatic rings. The number of ether oxygens (including phenoxy) is 3. The molecule has 2 aromatic heterocycles. The molecular formula is C47H60N6O8. The van der Waals surface area contributed by atoms with Gasteiger partial charge >= 0.3 is 12.1 Å². The van der Waals surface area contributed by atoms with E-state index in [-0.39, 0.29) is 24.7 Å². The smallest absolute Gasteiger partial charge is 0.410 e. The van der Waals surface area contributed by atoms with Crippen LogP contribution in [-0.2, 0) is 54.4 Å². The Balaban J connectivity index is 1.32. The van der Waals surface area contributed by atoms with Gasteiger partial charge in [-0.05, 0) is 96.7 Å². The van der Waals surface area contributed by atoms with Gasteiger partial charge in [0.2, 0.25) is 5.91 Å². The number of benzene rings is 2. The molecule has 14 heteroatoms. The van der Waals surface area contributed by atoms with Crippen LogP contribution < -0.4 is 10.7 Å². The topological polar surface area (TPSA) is 165 Å². The quantitative estimate of drug-likeness (QED) is 0.175. The number of cyclic esters (lactones) is 1. The first-order valence-electron chi connectivity index (χ1n) is 21.6. The third-order valence-electron chi connectivity index (χ3n) is 12.2. The Morgan fingerprint density at radius 2 is 1.90 bits per heavy atom. The lowest BCUT2D eigenvalue weighted by Crippen LogP contribution is -2.62. The van der Waals surface area contributed by atoms with Crippen molar-refractivity contribution in [2.75, 3.05) is 33.4 Å². The number of nitrogens with one attached hydrogen (secondary N) is 2. The van der Waals surface area contributed by atoms with E-state index in [1.54, 1.807) is 12.1 Å². The molecule has 0 aliphatic carbocycles. The summed E-state index contributed by atoms with van der Waals surface area (Å²) in [6.45, 7) is 14.0. The zero-order valence-corrected chi connectivity index (χ0v) is 36.5. The van der Waals surface area contributed by atoms with Gasteiger partial charge in [-0.1, -0.05) is 46.8 Å². The zero-order valence-electron chi connectivity index (χ0n) is 36.5. The number of aryl methyl sites for hydroxylation is 2. The van der Waals surface area contributed by atoms with E-state index < -0.39 is 53.5 Å². The summed E-state index contributed by atoms with van der Waals surface area (Å²) in [4.78, 5) is 61.8. The van der Waals surface area contributed by atoms with Gasteiger partial charge in [0.15, 0.2) is 0 Å². The van der Waals surface area contributed by atoms with Crippen molar-refractivity contribution in [3.63, 3.8) is 0 Å². The number of pyridine rings is 1. The Kier molecular flexibility index (Phi) is 13.0. The molecule has 4 aromatic rings. The molecule has 0 radical (unpaired) electrons. The predicted molar refractivity (Wildman–Crippen MR) is 231 cm³/mol. The number of phenolic OH excluding ortho intramolecular Hbond substituents is 1. The highest BCUT2D eigenvalue weighted by molar-refractivity contribution is 5.96. The van der Waals surface area contributed by atoms with Crippen molar-refractivity contribution in [2.24, 2.45) is 11.3 Å². The van der Waals surface area contributed by atoms with Crippen molar-refractivity contribution in [2.45, 2.75) is 111 Å². The summed E-state index contributed by atoms with van der Waals surface area (Å²) in [7, 11) is 1.51. The van der Waals surface area contributed by atoms with Crippen molar-refractivity contribution in [3.05, 3.63) is 71.5 Å². The molecule has 2 aromatic carbocycles. The van der Waals surface area contributed by atoms with E-state index in [1.165, 1.54) is 22.5 Å². The molecule has 14 nitrogen and oxygen atoms in total. The highest BCUT2D eigenvalue weighted by atomic mass is 16.6. The first-order valence-corrected chi connectivity index (χ1v) is 21.6. The number of nitrogens with zero attached hydrogens (tertiary/aromatic N) is 4. The Labute approximate surface area is 357 Å². The van der Waals surface area contributed by atoms with E-state index in [4.69, 9.17) is 14.2 Å². The van der Waals surface area contributed by atoms with Gasteiger partial charge in [0.25, 0.3) is 5.91 Å². The Hall–Kier alpha value is -5.47. The number of carbonyl (C=O) groups excluding carboxylic acids is 4. The summed E-state index contributed by atoms with van der Waals surface area (Å²) in [5.41, 5.74) is 10.3. The molecule has 5 heterocycles. The van der Waals surface area contributed by atoms with Crippen molar-refractivity contribution in [1.29, 1.82) is 0 Å². The van der Waals surface area contributed by atoms with Crippen LogP contribution in [0.15, 0.2) is 54.9 Å². The maximum absolute atomic E-state index is 14.6. The van der Waals surface area contributed by atoms with E-state index in [9.17, 15) is 24.3 Å². The van der Waals surface area contributed by atoms with Gasteiger partial charge in [-0.3, -0.25) is 29.3 Å². The first-order chi connectivity index (χ1) is 29.2. The highest BCUT2D eigenvalue weighted by Gasteiger charge is 2.38. The van der Waals surface area contributed by atoms with E-state index in [2.05, 4.69) is 66.2 Å². The molecule has 2 fully saturated rings. The molecule has 326 valence electrons. The van der Waals surface area contributed by atoms with Crippen LogP contribution in [-0.4, -0.2) is 106 Å². The molecule has 3 aliphatic heterocycles. The SMILES string of the molecule is CCc1ccncc1-c1c2c3cc(ccc3n1CC)-c1cc(O)cc(c1)C[C@H](NC(=O)[C@H](C(C)C)N(C)C(=O)OC1CCOC1)C(=O)N1CCC[C@H](N1)C(=O)OCC(C)(C)C2. The molecule has 6 bridgehead atoms. The summed E-state index contributed by atoms with van der Waals surface area (Å²) >= 11 is 0. The van der Waals surface area contributed by atoms with Gasteiger partial charge < -0.3 is 29.2 Å². The molecular weight excluding hydrogens is 777 g/mol. The monoisotopic (exact) mass is 836 g/mol. The van der Waals surface area contributed by atoms with Gasteiger partial charge in [0, 0.05) is 67.3 Å². The highest BCUT2D eigenvalue weighted by Crippen LogP contribution is 2.41. The molecule has 61 heavy (non-hydrogen) atoms. The number of hydrazine groups is 1. The number of aromatic nitrogens is 2. The third kappa shape index (κ3) is 9.40. The summed E-state index contributed by atoms with van der Waals surface area (Å²) in [5, 5.41) is 16.6. The van der Waals surface area contributed by atoms with Crippen molar-refractivity contribution in [1.82, 2.24) is 30.2 Å². The standard InChI is InChI=1S/C47H60N6O8/c1-8-30-14-16-48-25-37(30)42-36-24-47(5,6)27-60-45(57)38-11-10-17-53(50-38)44(56)39(49-43(55)41(28(3)4)51(7)46(58)61-34-15-18-59-26-34)21-29-19-32(22-33(54)20-29)31-12-13-40(35(36)23-31)52(42)9-2/h12-14,16,19-20,22-23,25,28,34,38-39,41,50,54H,8-11,15,17-18,21,24,26-27H2,1-7H3,(H,49,55)/t34?,38-,39-,41-/m0/s1. The second kappa shape index (κ2) is 18.3. The minimum absolute atomic E-state index is 0.00739. The van der Waals surface area contributed by atoms with Crippen LogP contribution in [0.2, 0.25) is 0 Å². The third-order valence-corrected chi connectivity index (χ3v) is 12.2. The summed E-state index contributed by atoms with van der Waals surface area (Å²) in [6.07, 6.45) is 5.69. The molecule has 1 unspecified atom stereocenters. The number of amides is 3. The van der Waals surface area contributed by atoms with Crippen LogP contribution in [0.3, 0.4) is 0 Å². The van der Waals surface area contributed by atoms with E-state index in [0.717, 1.165) is 45.3 Å². The molecule has 0 spiro atoms. The Morgan fingerprint density at radius 1 is 1.10 bits per heavy atom. The summed E-state index contributed by atoms with van der Waals surface area (Å²) < 4.78 is 19.4. The minimum Gasteiger partial charge on any atom is -0.508 e. The normalized spacial score (nSPS) is 21.2. The fourth-order valence-electron chi connectivity index (χ4n) is 9.09. The maximum Gasteiger partial charge on any atom is 0.410 e. The average Bonchev–Trinajstić information content (AvgIpc) is 3.86. The fourth-order valence-corrected chi connectivity index (χ4v) is 9.09. The second-order valence-corrected chi connectivity index (χ2v) is 17.8. The molecule has 7 rings (SSSR count). The molecule has 2 saturated heterocycles. The van der Waals surface area contributed by atoms with E-state index >= 15 is 0 Å². The van der Waals surface area contributed by atoms with Crippen molar-refractivity contribution in [3.8, 4) is 28.1 Å². The van der Waals surface area contributed by atoms with E-state index in [0.29, 0.717) is 57.6 Å². The van der Waals surface area contributed by atoms with Crippen LogP contribution in [0.1, 0.15) is 77.5 Å². The number of hydrogen-bond acceptors (Lipinski definition) is 10. The Bertz CT molecular complexity index is 2280. The van der Waals surface area contributed by atoms with Gasteiger partial charge in [0.05, 0.1) is 25.5 Å². The van der Waals surface area contributed by atoms with Gasteiger partial charge in [-0.25, -0.2) is 10.2 Å². The van der Waals surface area contributed by atoms with Crippen LogP contribution >= 0.6 is 0 Å². The summed E-state index contributed by atoms with van der Waals surface area (Å²) in [6, 6.07) is 10.7. The van der Waals surface area contributed by atoms with Crippen LogP contribution in [0, 0.1) is 11.3 Å². The number of rotatable bonds is 8.